The Kier molecular flexibility index (Phi) is 3.13. The number of nitrogens with zero attached hydrogens (tertiary/aromatic N) is 1. The molecule has 72 valence electrons. The lowest BCUT2D eigenvalue weighted by Gasteiger charge is -2.43. The van der Waals surface area contributed by atoms with Crippen LogP contribution in [0.2, 0.25) is 0 Å². The van der Waals surface area contributed by atoms with Gasteiger partial charge >= 0.3 is 0 Å². The fourth-order valence-corrected chi connectivity index (χ4v) is 2.32. The predicted molar refractivity (Wildman–Crippen MR) is 51.1 cm³/mol. The predicted octanol–water partition coefficient (Wildman–Crippen LogP) is 1.49. The van der Waals surface area contributed by atoms with Crippen LogP contribution in [0.1, 0.15) is 32.6 Å². The summed E-state index contributed by atoms with van der Waals surface area (Å²) >= 11 is 0. The third kappa shape index (κ3) is 1.80. The zero-order chi connectivity index (χ0) is 9.19. The molecule has 0 saturated heterocycles. The molecule has 0 bridgehead atoms. The van der Waals surface area contributed by atoms with E-state index in [-0.39, 0.29) is 5.54 Å². The normalized spacial score (nSPS) is 37.2. The molecule has 1 saturated carbocycles. The van der Waals surface area contributed by atoms with Gasteiger partial charge in [0.25, 0.3) is 0 Å². The van der Waals surface area contributed by atoms with Crippen LogP contribution in [0.25, 0.3) is 0 Å². The maximum atomic E-state index is 9.39. The molecule has 1 aliphatic carbocycles. The average Bonchev–Trinajstić information content (AvgIpc) is 2.04. The summed E-state index contributed by atoms with van der Waals surface area (Å²) < 4.78 is 0. The number of rotatable bonds is 2. The largest absolute Gasteiger partial charge is 0.394 e. The lowest BCUT2D eigenvalue weighted by atomic mass is 9.76. The van der Waals surface area contributed by atoms with Crippen LogP contribution in [0.4, 0.5) is 0 Å². The van der Waals surface area contributed by atoms with Gasteiger partial charge in [-0.2, -0.15) is 0 Å². The van der Waals surface area contributed by atoms with E-state index in [1.165, 1.54) is 12.8 Å². The summed E-state index contributed by atoms with van der Waals surface area (Å²) in [6.07, 6.45) is 4.90. The van der Waals surface area contributed by atoms with Crippen LogP contribution in [-0.2, 0) is 0 Å². The molecule has 2 heteroatoms. The molecule has 2 unspecified atom stereocenters. The Labute approximate surface area is 75.6 Å². The zero-order valence-electron chi connectivity index (χ0n) is 8.51. The summed E-state index contributed by atoms with van der Waals surface area (Å²) in [4.78, 5) is 2.20. The van der Waals surface area contributed by atoms with Crippen molar-refractivity contribution in [1.29, 1.82) is 0 Å². The minimum absolute atomic E-state index is 0.0810. The van der Waals surface area contributed by atoms with Crippen molar-refractivity contribution in [3.05, 3.63) is 0 Å². The van der Waals surface area contributed by atoms with Gasteiger partial charge in [0.15, 0.2) is 0 Å². The van der Waals surface area contributed by atoms with Gasteiger partial charge in [-0.25, -0.2) is 0 Å². The van der Waals surface area contributed by atoms with Crippen LogP contribution in [0.15, 0.2) is 0 Å². The maximum absolute atomic E-state index is 9.39. The van der Waals surface area contributed by atoms with Gasteiger partial charge in [0.2, 0.25) is 0 Å². The second-order valence-electron chi connectivity index (χ2n) is 4.48. The van der Waals surface area contributed by atoms with Crippen molar-refractivity contribution in [2.75, 3.05) is 20.7 Å². The van der Waals surface area contributed by atoms with E-state index in [4.69, 9.17) is 0 Å². The topological polar surface area (TPSA) is 23.5 Å². The summed E-state index contributed by atoms with van der Waals surface area (Å²) in [6.45, 7) is 2.59. The molecule has 0 spiro atoms. The van der Waals surface area contributed by atoms with E-state index in [1.54, 1.807) is 0 Å². The molecular formula is C10H21NO. The van der Waals surface area contributed by atoms with Crippen molar-refractivity contribution in [2.24, 2.45) is 5.92 Å². The van der Waals surface area contributed by atoms with E-state index in [0.29, 0.717) is 6.61 Å². The first-order valence-corrected chi connectivity index (χ1v) is 4.89. The van der Waals surface area contributed by atoms with Gasteiger partial charge in [-0.15, -0.1) is 0 Å². The molecule has 1 fully saturated rings. The van der Waals surface area contributed by atoms with Crippen LogP contribution in [0.5, 0.6) is 0 Å². The Morgan fingerprint density at radius 1 is 1.50 bits per heavy atom. The smallest absolute Gasteiger partial charge is 0.0615 e. The van der Waals surface area contributed by atoms with E-state index < -0.39 is 0 Å². The number of hydrogen-bond donors (Lipinski definition) is 1. The van der Waals surface area contributed by atoms with Gasteiger partial charge in [0.1, 0.15) is 0 Å². The fourth-order valence-electron chi connectivity index (χ4n) is 2.32. The van der Waals surface area contributed by atoms with Crippen LogP contribution < -0.4 is 0 Å². The summed E-state index contributed by atoms with van der Waals surface area (Å²) in [5, 5.41) is 9.39. The van der Waals surface area contributed by atoms with E-state index in [2.05, 4.69) is 25.9 Å². The average molecular weight is 171 g/mol. The second kappa shape index (κ2) is 3.75. The molecule has 2 nitrogen and oxygen atoms in total. The molecule has 0 aromatic rings. The van der Waals surface area contributed by atoms with E-state index >= 15 is 0 Å². The standard InChI is InChI=1S/C10H21NO/c1-9-5-4-6-10(7-9,8-12)11(2)3/h9,12H,4-8H2,1-3H3. The lowest BCUT2D eigenvalue weighted by molar-refractivity contribution is 0.0194. The number of aliphatic hydroxyl groups excluding tert-OH is 1. The number of aliphatic hydroxyl groups is 1. The minimum Gasteiger partial charge on any atom is -0.394 e. The Balaban J connectivity index is 2.64. The van der Waals surface area contributed by atoms with E-state index in [9.17, 15) is 5.11 Å². The van der Waals surface area contributed by atoms with Crippen LogP contribution in [0.3, 0.4) is 0 Å². The highest BCUT2D eigenvalue weighted by Gasteiger charge is 2.35. The highest BCUT2D eigenvalue weighted by Crippen LogP contribution is 2.34. The van der Waals surface area contributed by atoms with Gasteiger partial charge in [0.05, 0.1) is 6.61 Å². The van der Waals surface area contributed by atoms with Crippen LogP contribution in [-0.4, -0.2) is 36.2 Å². The molecule has 1 aliphatic rings. The summed E-state index contributed by atoms with van der Waals surface area (Å²) in [6, 6.07) is 0. The molecule has 0 aromatic heterocycles. The summed E-state index contributed by atoms with van der Waals surface area (Å²) in [5.74, 6) is 0.772. The van der Waals surface area contributed by atoms with Crippen molar-refractivity contribution in [1.82, 2.24) is 4.90 Å². The fraction of sp³-hybridized carbons (Fsp3) is 1.00. The molecule has 2 atom stereocenters. The van der Waals surface area contributed by atoms with Crippen molar-refractivity contribution in [3.8, 4) is 0 Å². The van der Waals surface area contributed by atoms with Crippen molar-refractivity contribution in [2.45, 2.75) is 38.1 Å². The van der Waals surface area contributed by atoms with Gasteiger partial charge < -0.3 is 10.0 Å². The second-order valence-corrected chi connectivity index (χ2v) is 4.48. The SMILES string of the molecule is CC1CCCC(CO)(N(C)C)C1. The van der Waals surface area contributed by atoms with E-state index in [0.717, 1.165) is 18.8 Å². The molecule has 0 aliphatic heterocycles. The number of hydrogen-bond acceptors (Lipinski definition) is 2. The van der Waals surface area contributed by atoms with Gasteiger partial charge in [0, 0.05) is 5.54 Å². The first kappa shape index (κ1) is 10.0. The molecule has 0 aromatic carbocycles. The molecule has 1 N–H and O–H groups in total. The lowest BCUT2D eigenvalue weighted by Crippen LogP contribution is -2.50. The van der Waals surface area contributed by atoms with Crippen LogP contribution >= 0.6 is 0 Å². The number of likely N-dealkylation sites (N-methyl/N-ethyl adjacent to an activating group) is 1. The first-order valence-electron chi connectivity index (χ1n) is 4.89. The maximum Gasteiger partial charge on any atom is 0.0615 e. The van der Waals surface area contributed by atoms with E-state index in [1.807, 2.05) is 0 Å². The van der Waals surface area contributed by atoms with Crippen LogP contribution in [0, 0.1) is 5.92 Å². The molecule has 12 heavy (non-hydrogen) atoms. The quantitative estimate of drug-likeness (QED) is 0.680. The Bertz CT molecular complexity index is 147. The summed E-state index contributed by atoms with van der Waals surface area (Å²) in [5.41, 5.74) is 0.0810. The molecule has 1 rings (SSSR count). The monoisotopic (exact) mass is 171 g/mol. The first-order chi connectivity index (χ1) is 5.60. The molecular weight excluding hydrogens is 150 g/mol. The van der Waals surface area contributed by atoms with Crippen molar-refractivity contribution < 1.29 is 5.11 Å². The van der Waals surface area contributed by atoms with Crippen molar-refractivity contribution >= 4 is 0 Å². The van der Waals surface area contributed by atoms with Gasteiger partial charge in [-0.3, -0.25) is 0 Å². The van der Waals surface area contributed by atoms with Crippen molar-refractivity contribution in [3.63, 3.8) is 0 Å². The van der Waals surface area contributed by atoms with Gasteiger partial charge in [-0.05, 0) is 32.9 Å². The zero-order valence-corrected chi connectivity index (χ0v) is 8.51. The van der Waals surface area contributed by atoms with Gasteiger partial charge in [-0.1, -0.05) is 19.8 Å². The Morgan fingerprint density at radius 2 is 2.17 bits per heavy atom. The molecule has 0 radical (unpaired) electrons. The highest BCUT2D eigenvalue weighted by molar-refractivity contribution is 4.91. The molecule has 0 heterocycles. The third-order valence-corrected chi connectivity index (χ3v) is 3.31. The highest BCUT2D eigenvalue weighted by atomic mass is 16.3. The summed E-state index contributed by atoms with van der Waals surface area (Å²) in [7, 11) is 4.16. The minimum atomic E-state index is 0.0810. The Morgan fingerprint density at radius 3 is 2.50 bits per heavy atom. The Hall–Kier alpha value is -0.0800. The molecule has 0 amide bonds. The third-order valence-electron chi connectivity index (χ3n) is 3.31.